The summed E-state index contributed by atoms with van der Waals surface area (Å²) in [4.78, 5) is 12.7. The molecule has 0 aromatic carbocycles. The Balaban J connectivity index is 1.25. The monoisotopic (exact) mass is 692 g/mol. The van der Waals surface area contributed by atoms with E-state index in [0.717, 1.165) is 49.7 Å². The van der Waals surface area contributed by atoms with Gasteiger partial charge >= 0.3 is 5.97 Å². The zero-order valence-corrected chi connectivity index (χ0v) is 29.9. The molecule has 3 saturated carbocycles. The first kappa shape index (κ1) is 37.4. The molecule has 2 aliphatic heterocycles. The van der Waals surface area contributed by atoms with E-state index in [9.17, 15) is 35.4 Å². The van der Waals surface area contributed by atoms with Gasteiger partial charge in [-0.15, -0.1) is 0 Å². The van der Waals surface area contributed by atoms with Gasteiger partial charge in [0, 0.05) is 24.9 Å². The lowest BCUT2D eigenvalue weighted by Gasteiger charge is -2.61. The van der Waals surface area contributed by atoms with Crippen LogP contribution in [-0.2, 0) is 23.7 Å². The van der Waals surface area contributed by atoms with Crippen molar-refractivity contribution < 1.29 is 54.4 Å². The fraction of sp³-hybridized carbons (Fsp3) is 0.868. The maximum Gasteiger partial charge on any atom is 0.336 e. The average Bonchev–Trinajstić information content (AvgIpc) is 3.42. The minimum Gasteiger partial charge on any atom is -0.458 e. The highest BCUT2D eigenvalue weighted by Crippen LogP contribution is 2.68. The normalized spacial score (nSPS) is 47.5. The van der Waals surface area contributed by atoms with Crippen LogP contribution in [0.5, 0.6) is 0 Å². The Kier molecular flexibility index (Phi) is 11.1. The maximum absolute atomic E-state index is 12.7. The van der Waals surface area contributed by atoms with Crippen molar-refractivity contribution in [3.63, 3.8) is 0 Å². The van der Waals surface area contributed by atoms with Crippen molar-refractivity contribution in [2.75, 3.05) is 19.8 Å². The van der Waals surface area contributed by atoms with Gasteiger partial charge in [0.1, 0.15) is 30.5 Å². The number of rotatable bonds is 10. The van der Waals surface area contributed by atoms with Crippen LogP contribution in [0.1, 0.15) is 92.4 Å². The summed E-state index contributed by atoms with van der Waals surface area (Å²) in [5.74, 6) is 0.917. The SMILES string of the molecule is CCCCO[C@H]1C=C2C[C@@H](O[C@@H]3O[C@H](CO)[C@@H](O)[C@H](O)[C@H]3O)C[C@H](O)[C@]2(C)[C@H]2CC[C@]3(C)[C@@H]([C@H](C)[C@H]4CC(C)=C(CO)C(=O)O4)CC[C@H]3[C@H]12. The van der Waals surface area contributed by atoms with Crippen LogP contribution in [0, 0.1) is 40.4 Å². The fourth-order valence-electron chi connectivity index (χ4n) is 11.2. The molecule has 0 aromatic rings. The molecule has 11 nitrogen and oxygen atoms in total. The largest absolute Gasteiger partial charge is 0.458 e. The predicted octanol–water partition coefficient (Wildman–Crippen LogP) is 2.78. The van der Waals surface area contributed by atoms with E-state index < -0.39 is 60.9 Å². The van der Waals surface area contributed by atoms with Crippen LogP contribution in [0.4, 0.5) is 0 Å². The molecular weight excluding hydrogens is 632 g/mol. The van der Waals surface area contributed by atoms with Crippen molar-refractivity contribution in [3.05, 3.63) is 22.8 Å². The highest BCUT2D eigenvalue weighted by Gasteiger charge is 2.64. The summed E-state index contributed by atoms with van der Waals surface area (Å²) in [5, 5.41) is 62.6. The van der Waals surface area contributed by atoms with E-state index in [1.54, 1.807) is 0 Å². The molecule has 4 fully saturated rings. The highest BCUT2D eigenvalue weighted by molar-refractivity contribution is 5.90. The molecule has 6 aliphatic rings. The lowest BCUT2D eigenvalue weighted by atomic mass is 9.45. The van der Waals surface area contributed by atoms with E-state index in [0.29, 0.717) is 43.3 Å². The van der Waals surface area contributed by atoms with E-state index >= 15 is 0 Å². The number of hydrogen-bond acceptors (Lipinski definition) is 11. The summed E-state index contributed by atoms with van der Waals surface area (Å²) in [5.41, 5.74) is 1.92. The molecule has 49 heavy (non-hydrogen) atoms. The summed E-state index contributed by atoms with van der Waals surface area (Å²) >= 11 is 0. The van der Waals surface area contributed by atoms with Gasteiger partial charge in [0.05, 0.1) is 37.1 Å². The highest BCUT2D eigenvalue weighted by atomic mass is 16.7. The van der Waals surface area contributed by atoms with Crippen LogP contribution in [0.15, 0.2) is 22.8 Å². The average molecular weight is 693 g/mol. The van der Waals surface area contributed by atoms with E-state index in [1.807, 2.05) is 6.92 Å². The number of aliphatic hydroxyl groups excluding tert-OH is 6. The lowest BCUT2D eigenvalue weighted by molar-refractivity contribution is -0.315. The van der Waals surface area contributed by atoms with E-state index in [-0.39, 0.29) is 42.0 Å². The van der Waals surface area contributed by atoms with Gasteiger partial charge in [0.15, 0.2) is 6.29 Å². The van der Waals surface area contributed by atoms with Gasteiger partial charge in [-0.25, -0.2) is 4.79 Å². The number of esters is 1. The first-order chi connectivity index (χ1) is 23.3. The molecule has 4 aliphatic carbocycles. The zero-order chi connectivity index (χ0) is 35.4. The molecule has 6 N–H and O–H groups in total. The van der Waals surface area contributed by atoms with Gasteiger partial charge in [-0.05, 0) is 80.5 Å². The molecule has 0 amide bonds. The molecule has 16 atom stereocenters. The van der Waals surface area contributed by atoms with Gasteiger partial charge in [-0.2, -0.15) is 0 Å². The Morgan fingerprint density at radius 2 is 1.78 bits per heavy atom. The predicted molar refractivity (Wildman–Crippen MR) is 179 cm³/mol. The quantitative estimate of drug-likeness (QED) is 0.113. The van der Waals surface area contributed by atoms with Gasteiger partial charge in [-0.3, -0.25) is 0 Å². The first-order valence-electron chi connectivity index (χ1n) is 18.8. The standard InChI is InChI=1S/C38H60O11/c1-6-7-12-46-28-15-21-14-22(47-36-34(44)33(43)32(42)29(18-40)49-36)16-30(41)38(21,5)26-10-11-37(4)24(8-9-25(37)31(26)28)20(3)27-13-19(2)23(17-39)35(45)48-27/h15,20,22,24-34,36,39-44H,6-14,16-18H2,1-5H3/t20-,22+,24+,25-,26-,27+,28-,29+,30-,31-,32+,33-,34+,36+,37+,38-/m0/s1. The van der Waals surface area contributed by atoms with Crippen LogP contribution in [-0.4, -0.2) is 112 Å². The Bertz CT molecular complexity index is 1270. The molecule has 0 unspecified atom stereocenters. The molecule has 0 aromatic heterocycles. The molecule has 0 bridgehead atoms. The molecule has 0 spiro atoms. The summed E-state index contributed by atoms with van der Waals surface area (Å²) in [6.45, 7) is 10.8. The second kappa shape index (κ2) is 14.5. The Morgan fingerprint density at radius 1 is 1.02 bits per heavy atom. The topological polar surface area (TPSA) is 175 Å². The van der Waals surface area contributed by atoms with E-state index in [2.05, 4.69) is 33.8 Å². The molecular formula is C38H60O11. The molecule has 2 heterocycles. The van der Waals surface area contributed by atoms with Crippen molar-refractivity contribution in [2.24, 2.45) is 40.4 Å². The second-order valence-corrected chi connectivity index (χ2v) is 16.5. The maximum atomic E-state index is 12.7. The van der Waals surface area contributed by atoms with Crippen LogP contribution in [0.3, 0.4) is 0 Å². The third-order valence-corrected chi connectivity index (χ3v) is 14.1. The second-order valence-electron chi connectivity index (χ2n) is 16.5. The Hall–Kier alpha value is -1.41. The Morgan fingerprint density at radius 3 is 2.45 bits per heavy atom. The molecule has 6 rings (SSSR count). The van der Waals surface area contributed by atoms with Gasteiger partial charge < -0.3 is 49.6 Å². The zero-order valence-electron chi connectivity index (χ0n) is 29.9. The van der Waals surface area contributed by atoms with Gasteiger partial charge in [0.2, 0.25) is 0 Å². The van der Waals surface area contributed by atoms with E-state index in [4.69, 9.17) is 18.9 Å². The minimum absolute atomic E-state index is 0.0182. The van der Waals surface area contributed by atoms with Crippen LogP contribution >= 0.6 is 0 Å². The minimum atomic E-state index is -1.53. The van der Waals surface area contributed by atoms with Crippen molar-refractivity contribution in [3.8, 4) is 0 Å². The lowest BCUT2D eigenvalue weighted by Crippen LogP contribution is -2.61. The van der Waals surface area contributed by atoms with Crippen LogP contribution < -0.4 is 0 Å². The number of hydrogen-bond donors (Lipinski definition) is 6. The third-order valence-electron chi connectivity index (χ3n) is 14.1. The van der Waals surface area contributed by atoms with Crippen molar-refractivity contribution >= 4 is 5.97 Å². The number of ether oxygens (including phenoxy) is 4. The fourth-order valence-corrected chi connectivity index (χ4v) is 11.2. The summed E-state index contributed by atoms with van der Waals surface area (Å²) in [6, 6.07) is 0. The number of unbranched alkanes of at least 4 members (excludes halogenated alkanes) is 1. The molecule has 0 radical (unpaired) electrons. The smallest absolute Gasteiger partial charge is 0.336 e. The van der Waals surface area contributed by atoms with Crippen LogP contribution in [0.2, 0.25) is 0 Å². The number of aliphatic hydroxyl groups is 6. The summed E-state index contributed by atoms with van der Waals surface area (Å²) in [7, 11) is 0. The van der Waals surface area contributed by atoms with Crippen molar-refractivity contribution in [2.45, 2.75) is 148 Å². The third kappa shape index (κ3) is 6.37. The van der Waals surface area contributed by atoms with Gasteiger partial charge in [-0.1, -0.05) is 51.3 Å². The molecule has 1 saturated heterocycles. The first-order valence-corrected chi connectivity index (χ1v) is 18.8. The number of cyclic esters (lactones) is 1. The van der Waals surface area contributed by atoms with Crippen molar-refractivity contribution in [1.82, 2.24) is 0 Å². The molecule has 11 heteroatoms. The van der Waals surface area contributed by atoms with Crippen molar-refractivity contribution in [1.29, 1.82) is 0 Å². The van der Waals surface area contributed by atoms with Gasteiger partial charge in [0.25, 0.3) is 0 Å². The Labute approximate surface area is 290 Å². The number of carbonyl (C=O) groups excluding carboxylic acids is 1. The van der Waals surface area contributed by atoms with E-state index in [1.165, 1.54) is 0 Å². The number of carbonyl (C=O) groups is 1. The van der Waals surface area contributed by atoms with Crippen LogP contribution in [0.25, 0.3) is 0 Å². The number of fused-ring (bicyclic) bond motifs is 5. The summed E-state index contributed by atoms with van der Waals surface area (Å²) in [6.07, 6.45) is 1.38. The summed E-state index contributed by atoms with van der Waals surface area (Å²) < 4.78 is 24.5. The molecule has 278 valence electrons.